The molecule has 5 heteroatoms. The van der Waals surface area contributed by atoms with Crippen LogP contribution >= 0.6 is 23.2 Å². The van der Waals surface area contributed by atoms with Gasteiger partial charge in [-0.25, -0.2) is 4.98 Å². The molecular weight excluding hydrogens is 259 g/mol. The second kappa shape index (κ2) is 5.25. The molecule has 0 aliphatic carbocycles. The Morgan fingerprint density at radius 1 is 1.18 bits per heavy atom. The van der Waals surface area contributed by atoms with Gasteiger partial charge in [-0.1, -0.05) is 29.3 Å². The molecule has 2 rings (SSSR count). The molecule has 0 fully saturated rings. The normalized spacial score (nSPS) is 10.2. The summed E-state index contributed by atoms with van der Waals surface area (Å²) in [5.74, 6) is 0.848. The SMILES string of the molecule is Oc1ccc(Cl)cc1CNc1cccc(Cl)n1. The van der Waals surface area contributed by atoms with Crippen LogP contribution in [0, 0.1) is 0 Å². The minimum Gasteiger partial charge on any atom is -0.508 e. The van der Waals surface area contributed by atoms with Crippen LogP contribution in [0.3, 0.4) is 0 Å². The minimum absolute atomic E-state index is 0.198. The maximum atomic E-state index is 9.62. The van der Waals surface area contributed by atoms with E-state index in [4.69, 9.17) is 23.2 Å². The number of hydrogen-bond donors (Lipinski definition) is 2. The van der Waals surface area contributed by atoms with Crippen LogP contribution in [0.1, 0.15) is 5.56 Å². The highest BCUT2D eigenvalue weighted by Crippen LogP contribution is 2.22. The second-order valence-electron chi connectivity index (χ2n) is 3.47. The molecule has 2 N–H and O–H groups in total. The van der Waals surface area contributed by atoms with E-state index >= 15 is 0 Å². The summed E-state index contributed by atoms with van der Waals surface area (Å²) in [5, 5.41) is 13.7. The van der Waals surface area contributed by atoms with Gasteiger partial charge in [0.15, 0.2) is 0 Å². The van der Waals surface area contributed by atoms with Crippen LogP contribution in [0.15, 0.2) is 36.4 Å². The molecule has 1 aromatic heterocycles. The zero-order valence-electron chi connectivity index (χ0n) is 8.82. The van der Waals surface area contributed by atoms with Gasteiger partial charge >= 0.3 is 0 Å². The van der Waals surface area contributed by atoms with Gasteiger partial charge in [0.05, 0.1) is 0 Å². The molecule has 0 radical (unpaired) electrons. The number of benzene rings is 1. The first-order valence-electron chi connectivity index (χ1n) is 4.99. The fourth-order valence-electron chi connectivity index (χ4n) is 1.39. The summed E-state index contributed by atoms with van der Waals surface area (Å²) in [5.41, 5.74) is 0.708. The molecule has 0 aliphatic rings. The number of anilines is 1. The van der Waals surface area contributed by atoms with Crippen molar-refractivity contribution in [3.05, 3.63) is 52.1 Å². The van der Waals surface area contributed by atoms with E-state index in [0.717, 1.165) is 0 Å². The second-order valence-corrected chi connectivity index (χ2v) is 4.30. The Morgan fingerprint density at radius 3 is 2.76 bits per heavy atom. The molecular formula is C12H10Cl2N2O. The van der Waals surface area contributed by atoms with Gasteiger partial charge in [-0.15, -0.1) is 0 Å². The van der Waals surface area contributed by atoms with E-state index in [2.05, 4.69) is 10.3 Å². The molecule has 0 saturated carbocycles. The Kier molecular flexibility index (Phi) is 3.71. The number of aromatic hydroxyl groups is 1. The number of phenolic OH excluding ortho intramolecular Hbond substituents is 1. The number of nitrogens with zero attached hydrogens (tertiary/aromatic N) is 1. The standard InChI is InChI=1S/C12H10Cl2N2O/c13-9-4-5-10(17)8(6-9)7-15-12-3-1-2-11(14)16-12/h1-6,17H,7H2,(H,15,16). The van der Waals surface area contributed by atoms with E-state index in [1.165, 1.54) is 0 Å². The third-order valence-electron chi connectivity index (χ3n) is 2.22. The summed E-state index contributed by atoms with van der Waals surface area (Å²) in [7, 11) is 0. The Labute approximate surface area is 109 Å². The van der Waals surface area contributed by atoms with Crippen molar-refractivity contribution in [1.82, 2.24) is 4.98 Å². The van der Waals surface area contributed by atoms with Gasteiger partial charge in [0.25, 0.3) is 0 Å². The molecule has 2 aromatic rings. The van der Waals surface area contributed by atoms with Gasteiger partial charge in [0.1, 0.15) is 16.7 Å². The summed E-state index contributed by atoms with van der Waals surface area (Å²) < 4.78 is 0. The number of pyridine rings is 1. The molecule has 0 bridgehead atoms. The van der Waals surface area contributed by atoms with Gasteiger partial charge < -0.3 is 10.4 Å². The quantitative estimate of drug-likeness (QED) is 0.835. The smallest absolute Gasteiger partial charge is 0.131 e. The largest absolute Gasteiger partial charge is 0.508 e. The van der Waals surface area contributed by atoms with E-state index in [0.29, 0.717) is 28.1 Å². The van der Waals surface area contributed by atoms with Crippen LogP contribution in [0.5, 0.6) is 5.75 Å². The van der Waals surface area contributed by atoms with E-state index in [1.54, 1.807) is 36.4 Å². The highest BCUT2D eigenvalue weighted by Gasteiger charge is 2.02. The summed E-state index contributed by atoms with van der Waals surface area (Å²) in [4.78, 5) is 4.08. The fourth-order valence-corrected chi connectivity index (χ4v) is 1.75. The lowest BCUT2D eigenvalue weighted by Crippen LogP contribution is -2.01. The monoisotopic (exact) mass is 268 g/mol. The molecule has 0 amide bonds. The van der Waals surface area contributed by atoms with Gasteiger partial charge in [-0.05, 0) is 30.3 Å². The number of rotatable bonds is 3. The maximum Gasteiger partial charge on any atom is 0.131 e. The number of aromatic nitrogens is 1. The minimum atomic E-state index is 0.198. The lowest BCUT2D eigenvalue weighted by molar-refractivity contribution is 0.469. The summed E-state index contributed by atoms with van der Waals surface area (Å²) >= 11 is 11.6. The Bertz CT molecular complexity index is 532. The topological polar surface area (TPSA) is 45.1 Å². The summed E-state index contributed by atoms with van der Waals surface area (Å²) in [6.45, 7) is 0.430. The van der Waals surface area contributed by atoms with E-state index in [1.807, 2.05) is 0 Å². The van der Waals surface area contributed by atoms with Crippen molar-refractivity contribution >= 4 is 29.0 Å². The molecule has 0 unspecified atom stereocenters. The van der Waals surface area contributed by atoms with Crippen molar-refractivity contribution in [2.75, 3.05) is 5.32 Å². The Morgan fingerprint density at radius 2 is 2.00 bits per heavy atom. The molecule has 1 heterocycles. The lowest BCUT2D eigenvalue weighted by Gasteiger charge is -2.08. The molecule has 3 nitrogen and oxygen atoms in total. The maximum absolute atomic E-state index is 9.62. The first-order valence-corrected chi connectivity index (χ1v) is 5.74. The number of hydrogen-bond acceptors (Lipinski definition) is 3. The van der Waals surface area contributed by atoms with Crippen LogP contribution in [-0.4, -0.2) is 10.1 Å². The van der Waals surface area contributed by atoms with Crippen molar-refractivity contribution in [2.24, 2.45) is 0 Å². The fraction of sp³-hybridized carbons (Fsp3) is 0.0833. The van der Waals surface area contributed by atoms with Crippen LogP contribution in [-0.2, 0) is 6.54 Å². The van der Waals surface area contributed by atoms with Crippen molar-refractivity contribution in [3.8, 4) is 5.75 Å². The molecule has 88 valence electrons. The highest BCUT2D eigenvalue weighted by atomic mass is 35.5. The van der Waals surface area contributed by atoms with Crippen LogP contribution in [0.25, 0.3) is 0 Å². The van der Waals surface area contributed by atoms with Crippen molar-refractivity contribution in [1.29, 1.82) is 0 Å². The molecule has 17 heavy (non-hydrogen) atoms. The van der Waals surface area contributed by atoms with E-state index < -0.39 is 0 Å². The molecule has 0 atom stereocenters. The van der Waals surface area contributed by atoms with Crippen LogP contribution in [0.2, 0.25) is 10.2 Å². The van der Waals surface area contributed by atoms with Crippen LogP contribution in [0.4, 0.5) is 5.82 Å². The predicted molar refractivity (Wildman–Crippen MR) is 69.7 cm³/mol. The number of nitrogens with one attached hydrogen (secondary N) is 1. The average Bonchev–Trinajstić information content (AvgIpc) is 2.30. The van der Waals surface area contributed by atoms with E-state index in [9.17, 15) is 5.11 Å². The summed E-state index contributed by atoms with van der Waals surface area (Å²) in [6, 6.07) is 10.2. The molecule has 0 aliphatic heterocycles. The average molecular weight is 269 g/mol. The molecule has 1 aromatic carbocycles. The van der Waals surface area contributed by atoms with Crippen molar-refractivity contribution in [2.45, 2.75) is 6.54 Å². The van der Waals surface area contributed by atoms with Crippen molar-refractivity contribution in [3.63, 3.8) is 0 Å². The zero-order valence-corrected chi connectivity index (χ0v) is 10.3. The van der Waals surface area contributed by atoms with E-state index in [-0.39, 0.29) is 5.75 Å². The number of halogens is 2. The number of phenols is 1. The predicted octanol–water partition coefficient (Wildman–Crippen LogP) is 3.71. The Balaban J connectivity index is 2.09. The lowest BCUT2D eigenvalue weighted by atomic mass is 10.2. The Hall–Kier alpha value is -1.45. The third kappa shape index (κ3) is 3.25. The molecule has 0 saturated heterocycles. The first kappa shape index (κ1) is 12.0. The van der Waals surface area contributed by atoms with Crippen LogP contribution < -0.4 is 5.32 Å². The highest BCUT2D eigenvalue weighted by molar-refractivity contribution is 6.30. The van der Waals surface area contributed by atoms with Crippen molar-refractivity contribution < 1.29 is 5.11 Å². The van der Waals surface area contributed by atoms with Gasteiger partial charge in [-0.3, -0.25) is 0 Å². The van der Waals surface area contributed by atoms with Gasteiger partial charge in [0, 0.05) is 17.1 Å². The van der Waals surface area contributed by atoms with Gasteiger partial charge in [-0.2, -0.15) is 0 Å². The third-order valence-corrected chi connectivity index (χ3v) is 2.66. The molecule has 0 spiro atoms. The van der Waals surface area contributed by atoms with Gasteiger partial charge in [0.2, 0.25) is 0 Å². The first-order chi connectivity index (χ1) is 8.15. The zero-order chi connectivity index (χ0) is 12.3. The summed E-state index contributed by atoms with van der Waals surface area (Å²) in [6.07, 6.45) is 0.